The van der Waals surface area contributed by atoms with Crippen molar-refractivity contribution >= 4 is 36.2 Å². The summed E-state index contributed by atoms with van der Waals surface area (Å²) in [6.45, 7) is 0. The van der Waals surface area contributed by atoms with Gasteiger partial charge in [-0.25, -0.2) is 0 Å². The van der Waals surface area contributed by atoms with E-state index in [1.54, 1.807) is 0 Å². The summed E-state index contributed by atoms with van der Waals surface area (Å²) in [6.07, 6.45) is -0.233. The maximum Gasteiger partial charge on any atom is 0.281 e. The quantitative estimate of drug-likeness (QED) is 0.315. The van der Waals surface area contributed by atoms with Crippen LogP contribution in [0.15, 0.2) is 0 Å². The molecule has 7 heavy (non-hydrogen) atoms. The van der Waals surface area contributed by atoms with Gasteiger partial charge in [-0.15, -0.1) is 0 Å². The number of aliphatic hydroxyl groups is 1. The minimum absolute atomic E-state index is 0.233. The average molecular weight is 157 g/mol. The molecule has 0 radical (unpaired) electrons. The second kappa shape index (κ2) is 2.92. The zero-order valence-electron chi connectivity index (χ0n) is 3.48. The lowest BCUT2D eigenvalue weighted by atomic mass is 11.7. The van der Waals surface area contributed by atoms with Crippen molar-refractivity contribution in [3.63, 3.8) is 0 Å². The van der Waals surface area contributed by atoms with Crippen LogP contribution in [0, 0.1) is 0 Å². The minimum Gasteiger partial charge on any atom is -0.360 e. The number of hydrogen-bond donors (Lipinski definition) is 3. The normalized spacial score (nSPS) is 11.3. The van der Waals surface area contributed by atoms with Crippen molar-refractivity contribution in [2.75, 3.05) is 6.35 Å². The Hall–Kier alpha value is 0.760. The third-order valence-corrected chi connectivity index (χ3v) is 2.46. The fraction of sp³-hybridized carbons (Fsp3) is 0.500. The fourth-order valence-corrected chi connectivity index (χ4v) is 0.100. The zero-order valence-corrected chi connectivity index (χ0v) is 6.16. The van der Waals surface area contributed by atoms with Gasteiger partial charge in [0.05, 0.1) is 0 Å². The van der Waals surface area contributed by atoms with Gasteiger partial charge < -0.3 is 5.11 Å². The van der Waals surface area contributed by atoms with E-state index in [0.29, 0.717) is 6.03 Å². The Morgan fingerprint density at radius 3 is 2.14 bits per heavy atom. The molecule has 0 aliphatic rings. The Labute approximate surface area is 53.0 Å². The van der Waals surface area contributed by atoms with Crippen LogP contribution in [0.25, 0.3) is 0 Å². The monoisotopic (exact) mass is 157 g/mol. The van der Waals surface area contributed by atoms with Crippen molar-refractivity contribution in [3.05, 3.63) is 0 Å². The first-order valence-electron chi connectivity index (χ1n) is 1.53. The van der Waals surface area contributed by atoms with Gasteiger partial charge in [0.2, 0.25) is 5.67 Å². The first-order chi connectivity index (χ1) is 3.12. The molecule has 0 aliphatic carbocycles. The molecule has 0 rings (SSSR count). The summed E-state index contributed by atoms with van der Waals surface area (Å²) in [5.41, 5.74) is -2.14. The van der Waals surface area contributed by atoms with Crippen molar-refractivity contribution in [1.29, 1.82) is 0 Å². The summed E-state index contributed by atoms with van der Waals surface area (Å²) in [4.78, 5) is 9.79. The topological polar surface area (TPSA) is 37.3 Å². The summed E-state index contributed by atoms with van der Waals surface area (Å²) in [6, 6.07) is 0.583. The Morgan fingerprint density at radius 1 is 1.71 bits per heavy atom. The summed E-state index contributed by atoms with van der Waals surface area (Å²) < 4.78 is 0. The van der Waals surface area contributed by atoms with Gasteiger partial charge in [-0.2, -0.15) is 0 Å². The van der Waals surface area contributed by atoms with E-state index in [4.69, 9.17) is 5.11 Å². The molecule has 0 saturated heterocycles. The lowest BCUT2D eigenvalue weighted by Crippen LogP contribution is -1.81. The van der Waals surface area contributed by atoms with Gasteiger partial charge in [-0.1, -0.05) is 0 Å². The predicted octanol–water partition coefficient (Wildman–Crippen LogP) is 0.834. The van der Waals surface area contributed by atoms with Crippen LogP contribution < -0.4 is 0 Å². The van der Waals surface area contributed by atoms with Gasteiger partial charge in [-0.3, -0.25) is 4.79 Å². The number of carbonyl (C=O) groups excluding carboxylic acids is 1. The van der Waals surface area contributed by atoms with Crippen molar-refractivity contribution in [1.82, 2.24) is 0 Å². The maximum absolute atomic E-state index is 9.79. The molecule has 1 N–H and O–H groups in total. The summed E-state index contributed by atoms with van der Waals surface area (Å²) in [7, 11) is 0. The van der Waals surface area contributed by atoms with E-state index in [-0.39, 0.29) is 6.35 Å². The molecule has 0 bridgehead atoms. The van der Waals surface area contributed by atoms with Gasteiger partial charge >= 0.3 is 0 Å². The molecule has 0 heterocycles. The van der Waals surface area contributed by atoms with E-state index >= 15 is 0 Å². The van der Waals surface area contributed by atoms with Crippen LogP contribution in [0.3, 0.4) is 0 Å². The van der Waals surface area contributed by atoms with Gasteiger partial charge in [0.15, 0.2) is 6.35 Å². The largest absolute Gasteiger partial charge is 0.360 e. The summed E-state index contributed by atoms with van der Waals surface area (Å²) >= 11 is 7.49. The van der Waals surface area contributed by atoms with Crippen LogP contribution >= 0.6 is 30.2 Å². The standard InChI is InChI=1S/C2H6O2PS2/c3-1-5(6,7)2-4/h1,4,6-7H,2H2/q+1. The second-order valence-electron chi connectivity index (χ2n) is 1.03. The Kier molecular flexibility index (Phi) is 3.24. The van der Waals surface area contributed by atoms with Crippen molar-refractivity contribution in [2.45, 2.75) is 0 Å². The highest BCUT2D eigenvalue weighted by molar-refractivity contribution is 8.89. The fourth-order valence-electron chi connectivity index (χ4n) is 0.0333. The van der Waals surface area contributed by atoms with E-state index in [1.165, 1.54) is 0 Å². The number of hydrogen-bond acceptors (Lipinski definition) is 4. The van der Waals surface area contributed by atoms with E-state index in [2.05, 4.69) is 24.5 Å². The highest BCUT2D eigenvalue weighted by Gasteiger charge is 2.26. The van der Waals surface area contributed by atoms with E-state index in [0.717, 1.165) is 0 Å². The van der Waals surface area contributed by atoms with Crippen LogP contribution in [0.1, 0.15) is 0 Å². The Balaban J connectivity index is 3.58. The van der Waals surface area contributed by atoms with Gasteiger partial charge in [0.1, 0.15) is 0 Å². The van der Waals surface area contributed by atoms with Gasteiger partial charge in [0.25, 0.3) is 6.03 Å². The van der Waals surface area contributed by atoms with E-state index in [1.807, 2.05) is 0 Å². The van der Waals surface area contributed by atoms with Crippen molar-refractivity contribution < 1.29 is 9.90 Å². The molecule has 0 amide bonds. The molecular weight excluding hydrogens is 151 g/mol. The zero-order chi connectivity index (χ0) is 5.91. The maximum atomic E-state index is 9.79. The average Bonchev–Trinajstić information content (AvgIpc) is 1.68. The molecular formula is C2H6O2PS2+. The highest BCUT2D eigenvalue weighted by atomic mass is 33.1. The second-order valence-corrected chi connectivity index (χ2v) is 8.33. The lowest BCUT2D eigenvalue weighted by Gasteiger charge is -1.96. The molecule has 0 aliphatic heterocycles. The number of aliphatic hydroxyl groups excluding tert-OH is 1. The molecule has 42 valence electrons. The minimum atomic E-state index is -2.14. The molecule has 0 aromatic carbocycles. The predicted molar refractivity (Wildman–Crippen MR) is 38.7 cm³/mol. The van der Waals surface area contributed by atoms with Crippen molar-refractivity contribution in [3.8, 4) is 0 Å². The van der Waals surface area contributed by atoms with E-state index < -0.39 is 5.67 Å². The number of rotatable bonds is 2. The molecule has 0 aromatic heterocycles. The molecule has 5 heteroatoms. The van der Waals surface area contributed by atoms with Crippen molar-refractivity contribution in [2.24, 2.45) is 0 Å². The molecule has 2 nitrogen and oxygen atoms in total. The van der Waals surface area contributed by atoms with Crippen LogP contribution in [0.2, 0.25) is 0 Å². The Morgan fingerprint density at radius 2 is 2.14 bits per heavy atom. The van der Waals surface area contributed by atoms with Gasteiger partial charge in [-0.05, 0) is 0 Å². The van der Waals surface area contributed by atoms with Crippen LogP contribution in [-0.2, 0) is 4.79 Å². The lowest BCUT2D eigenvalue weighted by molar-refractivity contribution is 0.372. The van der Waals surface area contributed by atoms with Crippen LogP contribution in [0.5, 0.6) is 0 Å². The number of carbonyl (C=O) groups is 1. The van der Waals surface area contributed by atoms with Crippen LogP contribution in [0.4, 0.5) is 0 Å². The number of thiol groups is 2. The van der Waals surface area contributed by atoms with Crippen LogP contribution in [-0.4, -0.2) is 17.5 Å². The third kappa shape index (κ3) is 3.35. The summed E-state index contributed by atoms with van der Waals surface area (Å²) in [5, 5.41) is 8.26. The smallest absolute Gasteiger partial charge is 0.281 e. The van der Waals surface area contributed by atoms with E-state index in [9.17, 15) is 4.79 Å². The molecule has 0 fully saturated rings. The Bertz CT molecular complexity index is 74.1. The third-order valence-electron chi connectivity index (χ3n) is 0.377. The SMILES string of the molecule is O=C[P+](S)(S)CO. The first-order valence-corrected chi connectivity index (χ1v) is 5.88. The first kappa shape index (κ1) is 7.76. The molecule has 0 saturated carbocycles. The highest BCUT2D eigenvalue weighted by Crippen LogP contribution is 2.64. The molecule has 0 spiro atoms. The molecule has 0 aromatic rings. The molecule has 0 atom stereocenters. The van der Waals surface area contributed by atoms with Gasteiger partial charge in [0, 0.05) is 24.5 Å². The molecule has 0 unspecified atom stereocenters. The summed E-state index contributed by atoms with van der Waals surface area (Å²) in [5.74, 6) is 0.